The van der Waals surface area contributed by atoms with Crippen molar-refractivity contribution < 1.29 is 23.1 Å². The Morgan fingerprint density at radius 1 is 1.10 bits per heavy atom. The quantitative estimate of drug-likeness (QED) is 0.837. The van der Waals surface area contributed by atoms with Crippen molar-refractivity contribution in [2.75, 3.05) is 32.8 Å². The van der Waals surface area contributed by atoms with Crippen LogP contribution in [0.4, 0.5) is 8.78 Å². The first-order valence-corrected chi connectivity index (χ1v) is 6.58. The van der Waals surface area contributed by atoms with Crippen LogP contribution in [0, 0.1) is 11.6 Å². The van der Waals surface area contributed by atoms with E-state index in [1.165, 1.54) is 13.0 Å². The summed E-state index contributed by atoms with van der Waals surface area (Å²) < 4.78 is 30.9. The van der Waals surface area contributed by atoms with Crippen LogP contribution >= 0.6 is 0 Å². The van der Waals surface area contributed by atoms with Gasteiger partial charge in [0.05, 0.1) is 0 Å². The molecule has 1 aromatic rings. The van der Waals surface area contributed by atoms with E-state index in [1.807, 2.05) is 0 Å². The second kappa shape index (κ2) is 6.51. The number of amides is 2. The number of ether oxygens (including phenoxy) is 1. The van der Waals surface area contributed by atoms with Gasteiger partial charge in [0.1, 0.15) is 5.75 Å². The van der Waals surface area contributed by atoms with Gasteiger partial charge in [-0.25, -0.2) is 8.78 Å². The van der Waals surface area contributed by atoms with E-state index in [9.17, 15) is 18.4 Å². The summed E-state index contributed by atoms with van der Waals surface area (Å²) in [6.45, 7) is 3.12. The van der Waals surface area contributed by atoms with Crippen molar-refractivity contribution >= 4 is 11.8 Å². The number of carbonyl (C=O) groups excluding carboxylic acids is 2. The maximum atomic E-state index is 13.0. The zero-order valence-electron chi connectivity index (χ0n) is 11.6. The first-order valence-electron chi connectivity index (χ1n) is 6.58. The van der Waals surface area contributed by atoms with E-state index in [0.717, 1.165) is 12.1 Å². The number of halogens is 2. The van der Waals surface area contributed by atoms with E-state index >= 15 is 0 Å². The standard InChI is InChI=1S/C14H16F2N2O3/c1-10(19)17-4-6-18(7-5-17)14(20)9-21-11-2-3-12(15)13(16)8-11/h2-3,8H,4-7,9H2,1H3. The first-order chi connectivity index (χ1) is 9.97. The van der Waals surface area contributed by atoms with E-state index < -0.39 is 11.6 Å². The van der Waals surface area contributed by atoms with Crippen LogP contribution in [0.5, 0.6) is 5.75 Å². The lowest BCUT2D eigenvalue weighted by Gasteiger charge is -2.34. The normalized spacial score (nSPS) is 15.0. The Morgan fingerprint density at radius 3 is 2.29 bits per heavy atom. The molecule has 0 saturated carbocycles. The molecule has 1 saturated heterocycles. The average molecular weight is 298 g/mol. The number of carbonyl (C=O) groups is 2. The molecule has 0 N–H and O–H groups in total. The molecule has 0 aromatic heterocycles. The van der Waals surface area contributed by atoms with E-state index in [2.05, 4.69) is 0 Å². The highest BCUT2D eigenvalue weighted by Crippen LogP contribution is 2.15. The number of hydrogen-bond donors (Lipinski definition) is 0. The van der Waals surface area contributed by atoms with Crippen molar-refractivity contribution in [3.05, 3.63) is 29.8 Å². The summed E-state index contributed by atoms with van der Waals surface area (Å²) in [6.07, 6.45) is 0. The monoisotopic (exact) mass is 298 g/mol. The topological polar surface area (TPSA) is 49.9 Å². The molecule has 0 bridgehead atoms. The first kappa shape index (κ1) is 15.2. The lowest BCUT2D eigenvalue weighted by molar-refractivity contribution is -0.139. The lowest BCUT2D eigenvalue weighted by Crippen LogP contribution is -2.51. The highest BCUT2D eigenvalue weighted by atomic mass is 19.2. The molecule has 21 heavy (non-hydrogen) atoms. The van der Waals surface area contributed by atoms with Crippen molar-refractivity contribution in [3.63, 3.8) is 0 Å². The summed E-state index contributed by atoms with van der Waals surface area (Å²) in [7, 11) is 0. The van der Waals surface area contributed by atoms with E-state index in [1.54, 1.807) is 9.80 Å². The third-order valence-corrected chi connectivity index (χ3v) is 3.33. The smallest absolute Gasteiger partial charge is 0.260 e. The van der Waals surface area contributed by atoms with E-state index in [4.69, 9.17) is 4.74 Å². The molecule has 7 heteroatoms. The minimum Gasteiger partial charge on any atom is -0.484 e. The summed E-state index contributed by atoms with van der Waals surface area (Å²) in [4.78, 5) is 26.4. The van der Waals surface area contributed by atoms with Crippen LogP contribution in [0.2, 0.25) is 0 Å². The van der Waals surface area contributed by atoms with Gasteiger partial charge in [0, 0.05) is 39.2 Å². The SMILES string of the molecule is CC(=O)N1CCN(C(=O)COc2ccc(F)c(F)c2)CC1. The Balaban J connectivity index is 1.82. The Labute approximate surface area is 121 Å². The summed E-state index contributed by atoms with van der Waals surface area (Å²) in [5.74, 6) is -2.14. The molecule has 2 rings (SSSR count). The van der Waals surface area contributed by atoms with Gasteiger partial charge in [-0.1, -0.05) is 0 Å². The molecule has 0 radical (unpaired) electrons. The second-order valence-electron chi connectivity index (χ2n) is 4.75. The van der Waals surface area contributed by atoms with Gasteiger partial charge in [0.25, 0.3) is 5.91 Å². The van der Waals surface area contributed by atoms with Crippen LogP contribution in [0.25, 0.3) is 0 Å². The maximum Gasteiger partial charge on any atom is 0.260 e. The van der Waals surface area contributed by atoms with Crippen LogP contribution in [-0.4, -0.2) is 54.4 Å². The fraction of sp³-hybridized carbons (Fsp3) is 0.429. The molecular weight excluding hydrogens is 282 g/mol. The fourth-order valence-corrected chi connectivity index (χ4v) is 2.07. The Kier molecular flexibility index (Phi) is 4.72. The minimum absolute atomic E-state index is 0.0138. The molecular formula is C14H16F2N2O3. The fourth-order valence-electron chi connectivity index (χ4n) is 2.07. The van der Waals surface area contributed by atoms with Gasteiger partial charge in [-0.15, -0.1) is 0 Å². The predicted octanol–water partition coefficient (Wildman–Crippen LogP) is 1.03. The van der Waals surface area contributed by atoms with Gasteiger partial charge in [0.2, 0.25) is 5.91 Å². The zero-order chi connectivity index (χ0) is 15.4. The molecule has 1 aliphatic heterocycles. The molecule has 114 valence electrons. The Hall–Kier alpha value is -2.18. The van der Waals surface area contributed by atoms with Gasteiger partial charge in [-0.2, -0.15) is 0 Å². The molecule has 2 amide bonds. The van der Waals surface area contributed by atoms with E-state index in [0.29, 0.717) is 26.2 Å². The van der Waals surface area contributed by atoms with Gasteiger partial charge in [-0.05, 0) is 12.1 Å². The second-order valence-corrected chi connectivity index (χ2v) is 4.75. The Bertz CT molecular complexity index is 543. The molecule has 1 aliphatic rings. The third-order valence-electron chi connectivity index (χ3n) is 3.33. The molecule has 0 spiro atoms. The van der Waals surface area contributed by atoms with Crippen molar-refractivity contribution in [3.8, 4) is 5.75 Å². The third kappa shape index (κ3) is 3.90. The van der Waals surface area contributed by atoms with Crippen LogP contribution < -0.4 is 4.74 Å². The number of piperazine rings is 1. The van der Waals surface area contributed by atoms with Gasteiger partial charge >= 0.3 is 0 Å². The van der Waals surface area contributed by atoms with Crippen molar-refractivity contribution in [1.29, 1.82) is 0 Å². The number of benzene rings is 1. The molecule has 0 unspecified atom stereocenters. The van der Waals surface area contributed by atoms with Crippen molar-refractivity contribution in [1.82, 2.24) is 9.80 Å². The van der Waals surface area contributed by atoms with Gasteiger partial charge in [-0.3, -0.25) is 9.59 Å². The summed E-state index contributed by atoms with van der Waals surface area (Å²) in [5.41, 5.74) is 0. The number of hydrogen-bond acceptors (Lipinski definition) is 3. The van der Waals surface area contributed by atoms with Crippen LogP contribution in [-0.2, 0) is 9.59 Å². The largest absolute Gasteiger partial charge is 0.484 e. The molecule has 0 aliphatic carbocycles. The average Bonchev–Trinajstić information content (AvgIpc) is 2.48. The summed E-state index contributed by atoms with van der Waals surface area (Å²) in [5, 5.41) is 0. The van der Waals surface area contributed by atoms with Crippen LogP contribution in [0.1, 0.15) is 6.92 Å². The van der Waals surface area contributed by atoms with Gasteiger partial charge < -0.3 is 14.5 Å². The molecule has 1 heterocycles. The lowest BCUT2D eigenvalue weighted by atomic mass is 10.3. The molecule has 0 atom stereocenters. The number of nitrogens with zero attached hydrogens (tertiary/aromatic N) is 2. The van der Waals surface area contributed by atoms with Crippen LogP contribution in [0.3, 0.4) is 0 Å². The van der Waals surface area contributed by atoms with Crippen LogP contribution in [0.15, 0.2) is 18.2 Å². The highest BCUT2D eigenvalue weighted by molar-refractivity contribution is 5.78. The van der Waals surface area contributed by atoms with E-state index in [-0.39, 0.29) is 24.2 Å². The molecule has 1 fully saturated rings. The van der Waals surface area contributed by atoms with Crippen molar-refractivity contribution in [2.45, 2.75) is 6.92 Å². The zero-order valence-corrected chi connectivity index (χ0v) is 11.6. The van der Waals surface area contributed by atoms with Gasteiger partial charge in [0.15, 0.2) is 18.2 Å². The number of rotatable bonds is 3. The minimum atomic E-state index is -1.02. The predicted molar refractivity (Wildman–Crippen MR) is 70.7 cm³/mol. The molecule has 5 nitrogen and oxygen atoms in total. The maximum absolute atomic E-state index is 13.0. The summed E-state index contributed by atoms with van der Waals surface area (Å²) >= 11 is 0. The van der Waals surface area contributed by atoms with Crippen molar-refractivity contribution in [2.24, 2.45) is 0 Å². The summed E-state index contributed by atoms with van der Waals surface area (Å²) in [6, 6.07) is 3.11. The highest BCUT2D eigenvalue weighted by Gasteiger charge is 2.22. The Morgan fingerprint density at radius 2 is 1.71 bits per heavy atom. The molecule has 1 aromatic carbocycles.